The molecular formula is C31H46N6O6S. The summed E-state index contributed by atoms with van der Waals surface area (Å²) < 4.78 is 31.0. The number of likely N-dealkylation sites (tertiary alicyclic amines) is 1. The topological polar surface area (TPSA) is 157 Å². The van der Waals surface area contributed by atoms with Crippen LogP contribution in [0.15, 0.2) is 23.0 Å². The van der Waals surface area contributed by atoms with E-state index >= 15 is 0 Å². The van der Waals surface area contributed by atoms with Gasteiger partial charge in [0.1, 0.15) is 6.04 Å². The third-order valence-corrected chi connectivity index (χ3v) is 11.9. The van der Waals surface area contributed by atoms with Crippen LogP contribution in [0, 0.1) is 0 Å². The normalized spacial score (nSPS) is 22.5. The van der Waals surface area contributed by atoms with Crippen molar-refractivity contribution >= 4 is 38.8 Å². The molecule has 2 unspecified atom stereocenters. The van der Waals surface area contributed by atoms with Crippen LogP contribution in [-0.2, 0) is 37.9 Å². The van der Waals surface area contributed by atoms with Crippen molar-refractivity contribution in [3.05, 3.63) is 34.2 Å². The molecule has 4 heterocycles. The number of amides is 3. The molecular weight excluding hydrogens is 584 g/mol. The Morgan fingerprint density at radius 3 is 2.43 bits per heavy atom. The first-order valence-electron chi connectivity index (χ1n) is 16.1. The lowest BCUT2D eigenvalue weighted by Crippen LogP contribution is -2.52. The zero-order valence-electron chi connectivity index (χ0n) is 25.7. The zero-order chi connectivity index (χ0) is 31.4. The fourth-order valence-electron chi connectivity index (χ4n) is 6.84. The van der Waals surface area contributed by atoms with Crippen molar-refractivity contribution in [3.63, 3.8) is 0 Å². The Kier molecular flexibility index (Phi) is 10.3. The average molecular weight is 631 g/mol. The molecule has 3 aliphatic rings. The lowest BCUT2D eigenvalue weighted by Gasteiger charge is -2.37. The van der Waals surface area contributed by atoms with E-state index < -0.39 is 27.2 Å². The summed E-state index contributed by atoms with van der Waals surface area (Å²) in [5.41, 5.74) is 8.25. The molecule has 2 aromatic rings. The predicted octanol–water partition coefficient (Wildman–Crippen LogP) is 1.94. The second-order valence-corrected chi connectivity index (χ2v) is 14.9. The molecule has 2 atom stereocenters. The van der Waals surface area contributed by atoms with E-state index in [2.05, 4.69) is 5.32 Å². The summed E-state index contributed by atoms with van der Waals surface area (Å²) in [5.74, 6) is -0.696. The van der Waals surface area contributed by atoms with Gasteiger partial charge in [-0.1, -0.05) is 25.3 Å². The number of aryl methyl sites for hydroxylation is 2. The minimum atomic E-state index is -3.42. The van der Waals surface area contributed by atoms with Crippen LogP contribution in [0.3, 0.4) is 0 Å². The number of piperidine rings is 3. The van der Waals surface area contributed by atoms with Crippen LogP contribution in [0.5, 0.6) is 0 Å². The molecule has 0 bridgehead atoms. The SMILES string of the molecule is Cn1c(=O)n(C2CCC(=O)NC2=O)c2ccc(CCCCCCCC(=O)N3CCCC(S(=O)(=O)N4CCC(N)CC4)C3)cc21. The van der Waals surface area contributed by atoms with Crippen molar-refractivity contribution in [2.24, 2.45) is 12.8 Å². The lowest BCUT2D eigenvalue weighted by molar-refractivity contribution is -0.136. The predicted molar refractivity (Wildman–Crippen MR) is 167 cm³/mol. The number of hydrogen-bond acceptors (Lipinski definition) is 7. The van der Waals surface area contributed by atoms with Gasteiger partial charge in [0.15, 0.2) is 0 Å². The summed E-state index contributed by atoms with van der Waals surface area (Å²) >= 11 is 0. The second kappa shape index (κ2) is 13.9. The molecule has 0 spiro atoms. The number of carbonyl (C=O) groups excluding carboxylic acids is 3. The van der Waals surface area contributed by atoms with Gasteiger partial charge in [0.05, 0.1) is 16.3 Å². The van der Waals surface area contributed by atoms with Crippen LogP contribution in [-0.4, -0.2) is 81.9 Å². The first kappa shape index (κ1) is 32.4. The van der Waals surface area contributed by atoms with Crippen molar-refractivity contribution in [2.75, 3.05) is 26.2 Å². The van der Waals surface area contributed by atoms with E-state index in [9.17, 15) is 27.6 Å². The Hall–Kier alpha value is -3.03. The van der Waals surface area contributed by atoms with Gasteiger partial charge in [0.25, 0.3) is 0 Å². The fraction of sp³-hybridized carbons (Fsp3) is 0.677. The van der Waals surface area contributed by atoms with Crippen molar-refractivity contribution in [2.45, 2.75) is 101 Å². The van der Waals surface area contributed by atoms with E-state index in [1.165, 1.54) is 4.57 Å². The maximum absolute atomic E-state index is 13.2. The van der Waals surface area contributed by atoms with Gasteiger partial charge in [-0.2, -0.15) is 0 Å². The number of fused-ring (bicyclic) bond motifs is 1. The summed E-state index contributed by atoms with van der Waals surface area (Å²) in [4.78, 5) is 51.6. The first-order chi connectivity index (χ1) is 21.1. The smallest absolute Gasteiger partial charge is 0.329 e. The number of nitrogens with two attached hydrogens (primary N) is 1. The first-order valence-corrected chi connectivity index (χ1v) is 17.6. The quantitative estimate of drug-likeness (QED) is 0.284. The maximum atomic E-state index is 13.2. The molecule has 3 saturated heterocycles. The van der Waals surface area contributed by atoms with Gasteiger partial charge in [0, 0.05) is 52.1 Å². The highest BCUT2D eigenvalue weighted by Crippen LogP contribution is 2.26. The number of hydrogen-bond donors (Lipinski definition) is 2. The number of nitrogens with zero attached hydrogens (tertiary/aromatic N) is 4. The third-order valence-electron chi connectivity index (χ3n) is 9.54. The molecule has 242 valence electrons. The van der Waals surface area contributed by atoms with E-state index in [4.69, 9.17) is 5.73 Å². The molecule has 44 heavy (non-hydrogen) atoms. The maximum Gasteiger partial charge on any atom is 0.329 e. The van der Waals surface area contributed by atoms with Crippen molar-refractivity contribution in [3.8, 4) is 0 Å². The molecule has 3 N–H and O–H groups in total. The summed E-state index contributed by atoms with van der Waals surface area (Å²) in [6, 6.07) is 5.27. The molecule has 5 rings (SSSR count). The van der Waals surface area contributed by atoms with Gasteiger partial charge in [-0.15, -0.1) is 0 Å². The minimum Gasteiger partial charge on any atom is -0.341 e. The van der Waals surface area contributed by atoms with E-state index in [1.807, 2.05) is 18.2 Å². The van der Waals surface area contributed by atoms with Crippen LogP contribution in [0.25, 0.3) is 11.0 Å². The van der Waals surface area contributed by atoms with Gasteiger partial charge in [-0.3, -0.25) is 28.8 Å². The van der Waals surface area contributed by atoms with Gasteiger partial charge in [0.2, 0.25) is 27.7 Å². The number of benzene rings is 1. The Morgan fingerprint density at radius 2 is 1.68 bits per heavy atom. The monoisotopic (exact) mass is 630 g/mol. The van der Waals surface area contributed by atoms with Gasteiger partial charge >= 0.3 is 5.69 Å². The summed E-state index contributed by atoms with van der Waals surface area (Å²) in [7, 11) is -1.72. The second-order valence-electron chi connectivity index (χ2n) is 12.7. The molecule has 13 heteroatoms. The number of imidazole rings is 1. The summed E-state index contributed by atoms with van der Waals surface area (Å²) in [6.07, 6.45) is 9.26. The molecule has 0 saturated carbocycles. The lowest BCUT2D eigenvalue weighted by atomic mass is 10.0. The van der Waals surface area contributed by atoms with Crippen LogP contribution in [0.1, 0.15) is 88.7 Å². The number of carbonyl (C=O) groups is 3. The Balaban J connectivity index is 1.04. The van der Waals surface area contributed by atoms with E-state index in [0.717, 1.165) is 49.6 Å². The molecule has 12 nitrogen and oxygen atoms in total. The number of imide groups is 1. The number of unbranched alkanes of at least 4 members (excludes halogenated alkanes) is 4. The Bertz CT molecular complexity index is 1540. The number of nitrogens with one attached hydrogen (secondary N) is 1. The zero-order valence-corrected chi connectivity index (χ0v) is 26.5. The van der Waals surface area contributed by atoms with Crippen LogP contribution >= 0.6 is 0 Å². The highest BCUT2D eigenvalue weighted by molar-refractivity contribution is 7.89. The highest BCUT2D eigenvalue weighted by Gasteiger charge is 2.37. The van der Waals surface area contributed by atoms with E-state index in [-0.39, 0.29) is 36.5 Å². The number of rotatable bonds is 11. The minimum absolute atomic E-state index is 0.0497. The summed E-state index contributed by atoms with van der Waals surface area (Å²) in [6.45, 7) is 1.86. The molecule has 0 radical (unpaired) electrons. The standard InChI is InChI=1S/C31H46N6O6S/c1-34-27-20-22(11-12-25(27)37(31(34)41)26-13-14-28(38)33-30(26)40)8-5-3-2-4-6-10-29(39)35-17-7-9-24(21-35)44(42,43)36-18-15-23(32)16-19-36/h11-12,20,23-24,26H,2-10,13-19,21,32H2,1H3,(H,33,38,40). The third kappa shape index (κ3) is 7.10. The van der Waals surface area contributed by atoms with Gasteiger partial charge in [-0.05, 0) is 69.1 Å². The molecule has 0 aliphatic carbocycles. The van der Waals surface area contributed by atoms with Crippen LogP contribution < -0.4 is 16.7 Å². The van der Waals surface area contributed by atoms with Crippen molar-refractivity contribution in [1.29, 1.82) is 0 Å². The number of aromatic nitrogens is 2. The molecule has 3 fully saturated rings. The Labute approximate surface area is 259 Å². The Morgan fingerprint density at radius 1 is 0.955 bits per heavy atom. The largest absolute Gasteiger partial charge is 0.341 e. The fourth-order valence-corrected chi connectivity index (χ4v) is 8.81. The summed E-state index contributed by atoms with van der Waals surface area (Å²) in [5, 5.41) is 1.82. The average Bonchev–Trinajstić information content (AvgIpc) is 3.25. The van der Waals surface area contributed by atoms with Crippen LogP contribution in [0.2, 0.25) is 0 Å². The molecule has 3 amide bonds. The van der Waals surface area contributed by atoms with Crippen LogP contribution in [0.4, 0.5) is 0 Å². The molecule has 1 aromatic carbocycles. The molecule has 3 aliphatic heterocycles. The van der Waals surface area contributed by atoms with E-state index in [1.54, 1.807) is 20.8 Å². The molecule has 1 aromatic heterocycles. The highest BCUT2D eigenvalue weighted by atomic mass is 32.2. The van der Waals surface area contributed by atoms with Crippen molar-refractivity contribution in [1.82, 2.24) is 23.7 Å². The van der Waals surface area contributed by atoms with Gasteiger partial charge < -0.3 is 10.6 Å². The van der Waals surface area contributed by atoms with Crippen molar-refractivity contribution < 1.29 is 22.8 Å². The van der Waals surface area contributed by atoms with Gasteiger partial charge in [-0.25, -0.2) is 17.5 Å². The number of sulfonamides is 1. The van der Waals surface area contributed by atoms with E-state index in [0.29, 0.717) is 63.7 Å².